The molecular formula is C17HF35O6S. The topological polar surface area (TPSA) is 71.1 Å². The molecule has 1 atom stereocenters. The Morgan fingerprint density at radius 1 is 0.322 bits per heavy atom. The van der Waals surface area contributed by atoms with Crippen LogP contribution in [0.1, 0.15) is 0 Å². The second-order valence-electron chi connectivity index (χ2n) is 9.86. The monoisotopic (exact) mass is 998 g/mol. The average molecular weight is 998 g/mol. The van der Waals surface area contributed by atoms with Crippen LogP contribution in [0.15, 0.2) is 0 Å². The lowest BCUT2D eigenvalue weighted by Crippen LogP contribution is -2.74. The number of alkyl halides is 35. The molecule has 0 N–H and O–H groups in total. The van der Waals surface area contributed by atoms with E-state index in [1.165, 1.54) is 4.18 Å². The van der Waals surface area contributed by atoms with Crippen LogP contribution < -0.4 is 0 Å². The predicted molar refractivity (Wildman–Crippen MR) is 99.5 cm³/mol. The zero-order chi connectivity index (χ0) is 48.9. The highest BCUT2D eigenvalue weighted by atomic mass is 32.2. The molecule has 0 radical (unpaired) electrons. The molecule has 0 aliphatic heterocycles. The van der Waals surface area contributed by atoms with E-state index in [1.807, 2.05) is 0 Å². The lowest BCUT2D eigenvalue weighted by atomic mass is 9.91. The molecule has 1 unspecified atom stereocenters. The van der Waals surface area contributed by atoms with Crippen LogP contribution in [0.2, 0.25) is 0 Å². The second-order valence-corrected chi connectivity index (χ2v) is 11.5. The largest absolute Gasteiger partial charge is 0.527 e. The van der Waals surface area contributed by atoms with E-state index in [1.54, 1.807) is 0 Å². The summed E-state index contributed by atoms with van der Waals surface area (Å²) in [5.74, 6) is -74.8. The number of hydrogen-bond acceptors (Lipinski definition) is 6. The highest BCUT2D eigenvalue weighted by molar-refractivity contribution is 7.87. The zero-order valence-electron chi connectivity index (χ0n) is 24.7. The highest BCUT2D eigenvalue weighted by Gasteiger charge is 2.95. The molecule has 0 bridgehead atoms. The van der Waals surface area contributed by atoms with E-state index in [9.17, 15) is 162 Å². The zero-order valence-corrected chi connectivity index (χ0v) is 25.5. The van der Waals surface area contributed by atoms with Gasteiger partial charge in [0.2, 0.25) is 0 Å². The van der Waals surface area contributed by atoms with E-state index >= 15 is 0 Å². The molecule has 0 saturated heterocycles. The highest BCUT2D eigenvalue weighted by Crippen LogP contribution is 2.64. The molecule has 0 spiro atoms. The van der Waals surface area contributed by atoms with Crippen LogP contribution in [-0.4, -0.2) is 110 Å². The van der Waals surface area contributed by atoms with Crippen LogP contribution >= 0.6 is 0 Å². The molecule has 0 amide bonds. The Kier molecular flexibility index (Phi) is 13.8. The molecule has 0 fully saturated rings. The molecule has 0 aliphatic carbocycles. The molecule has 42 heteroatoms. The third-order valence-corrected chi connectivity index (χ3v) is 7.03. The Bertz CT molecular complexity index is 1610. The van der Waals surface area contributed by atoms with Crippen LogP contribution in [0.4, 0.5) is 154 Å². The van der Waals surface area contributed by atoms with Crippen LogP contribution in [-0.2, 0) is 28.5 Å². The van der Waals surface area contributed by atoms with Crippen molar-refractivity contribution in [3.05, 3.63) is 0 Å². The van der Waals surface area contributed by atoms with Crippen LogP contribution in [0, 0.1) is 0 Å². The van der Waals surface area contributed by atoms with E-state index in [2.05, 4.69) is 0 Å². The summed E-state index contributed by atoms with van der Waals surface area (Å²) in [4.78, 5) is 0. The van der Waals surface area contributed by atoms with Crippen molar-refractivity contribution in [3.63, 3.8) is 0 Å². The SMILES string of the molecule is O=S(=O)(OC(F)C(F)(F)C(F)(F)C(F)(F)C(F)(F)C(F)(F)C(F)(F)C(F)(F)OC(F)(F)C(F)(F)OC(F)(F)C(F)(F)OC(F)(F)F)C(F)(F)C(F)(F)C(F)(F)C(F)(F)F. The summed E-state index contributed by atoms with van der Waals surface area (Å²) in [6.07, 6.45) is -64.7. The average Bonchev–Trinajstić information content (AvgIpc) is 2.92. The molecule has 0 aliphatic rings. The molecule has 356 valence electrons. The summed E-state index contributed by atoms with van der Waals surface area (Å²) in [6, 6.07) is 0. The maximum Gasteiger partial charge on any atom is 0.527 e. The van der Waals surface area contributed by atoms with Crippen molar-refractivity contribution < 1.29 is 180 Å². The van der Waals surface area contributed by atoms with E-state index in [4.69, 9.17) is 0 Å². The molecule has 0 rings (SSSR count). The molecular weight excluding hydrogens is 997 g/mol. The molecule has 0 heterocycles. The van der Waals surface area contributed by atoms with Gasteiger partial charge in [0, 0.05) is 0 Å². The first kappa shape index (κ1) is 56.3. The second kappa shape index (κ2) is 14.5. The van der Waals surface area contributed by atoms with E-state index in [0.717, 1.165) is 14.2 Å². The number of ether oxygens (including phenoxy) is 3. The summed E-state index contributed by atoms with van der Waals surface area (Å²) >= 11 is 0. The van der Waals surface area contributed by atoms with Gasteiger partial charge in [-0.3, -0.25) is 0 Å². The standard InChI is InChI=1S/C17HF35O6S/c18-1(55-59(53,54)16(48,49)9(33,34)7(29,30)10(35,36)37)2(19,20)3(21,22)4(23,24)5(25,26)6(27,28)8(31,32)11(38,39)56-12(40,41)13(42,43)57-14(44,45)15(46,47)58-17(50,51)52/h1H. The number of hydrogen-bond donors (Lipinski definition) is 0. The first-order valence-corrected chi connectivity index (χ1v) is 13.3. The van der Waals surface area contributed by atoms with E-state index < -0.39 is 112 Å². The van der Waals surface area contributed by atoms with Crippen molar-refractivity contribution in [3.8, 4) is 0 Å². The van der Waals surface area contributed by atoms with Gasteiger partial charge in [-0.15, -0.1) is 13.2 Å². The lowest BCUT2D eigenvalue weighted by Gasteiger charge is -2.43. The van der Waals surface area contributed by atoms with Crippen molar-refractivity contribution in [1.29, 1.82) is 0 Å². The van der Waals surface area contributed by atoms with Gasteiger partial charge in [0.1, 0.15) is 0 Å². The minimum atomic E-state index is -9.87. The molecule has 0 aromatic carbocycles. The smallest absolute Gasteiger partial charge is 0.243 e. The maximum absolute atomic E-state index is 13.9. The lowest BCUT2D eigenvalue weighted by molar-refractivity contribution is -0.574. The Morgan fingerprint density at radius 3 is 0.898 bits per heavy atom. The van der Waals surface area contributed by atoms with Crippen LogP contribution in [0.25, 0.3) is 0 Å². The quantitative estimate of drug-likeness (QED) is 0.0949. The Hall–Kier alpha value is -2.66. The van der Waals surface area contributed by atoms with Crippen molar-refractivity contribution >= 4 is 10.1 Å². The van der Waals surface area contributed by atoms with Crippen molar-refractivity contribution in [2.75, 3.05) is 0 Å². The van der Waals surface area contributed by atoms with Gasteiger partial charge >= 0.3 is 106 Å². The van der Waals surface area contributed by atoms with E-state index in [0.29, 0.717) is 0 Å². The normalized spacial score (nSPS) is 17.4. The number of halogens is 35. The van der Waals surface area contributed by atoms with Gasteiger partial charge < -0.3 is 0 Å². The summed E-state index contributed by atoms with van der Waals surface area (Å²) < 4.78 is 488. The minimum Gasteiger partial charge on any atom is -0.243 e. The summed E-state index contributed by atoms with van der Waals surface area (Å²) in [6.45, 7) is 0. The first-order chi connectivity index (χ1) is 24.7. The Morgan fingerprint density at radius 2 is 0.593 bits per heavy atom. The fourth-order valence-electron chi connectivity index (χ4n) is 2.65. The minimum absolute atomic E-state index is 0.729. The van der Waals surface area contributed by atoms with Gasteiger partial charge in [-0.2, -0.15) is 145 Å². The van der Waals surface area contributed by atoms with Crippen LogP contribution in [0.5, 0.6) is 0 Å². The van der Waals surface area contributed by atoms with Gasteiger partial charge in [0.15, 0.2) is 0 Å². The van der Waals surface area contributed by atoms with E-state index in [-0.39, 0.29) is 0 Å². The summed E-state index contributed by atoms with van der Waals surface area (Å²) in [5, 5.41) is -8.67. The third kappa shape index (κ3) is 8.72. The molecule has 59 heavy (non-hydrogen) atoms. The van der Waals surface area contributed by atoms with Gasteiger partial charge in [-0.1, -0.05) is 0 Å². The summed E-state index contributed by atoms with van der Waals surface area (Å²) in [5.41, 5.74) is 0. The summed E-state index contributed by atoms with van der Waals surface area (Å²) in [7, 11) is -9.37. The maximum atomic E-state index is 13.9. The predicted octanol–water partition coefficient (Wildman–Crippen LogP) is 10.4. The fraction of sp³-hybridized carbons (Fsp3) is 1.00. The molecule has 0 aromatic rings. The van der Waals surface area contributed by atoms with Crippen molar-refractivity contribution in [1.82, 2.24) is 0 Å². The Balaban J connectivity index is 7.11. The van der Waals surface area contributed by atoms with Crippen LogP contribution in [0.3, 0.4) is 0 Å². The Labute approximate surface area is 294 Å². The van der Waals surface area contributed by atoms with Gasteiger partial charge in [-0.05, 0) is 0 Å². The van der Waals surface area contributed by atoms with Gasteiger partial charge in [-0.25, -0.2) is 22.8 Å². The number of rotatable bonds is 19. The first-order valence-electron chi connectivity index (χ1n) is 11.8. The van der Waals surface area contributed by atoms with Crippen molar-refractivity contribution in [2.45, 2.75) is 102 Å². The molecule has 6 nitrogen and oxygen atoms in total. The third-order valence-electron chi connectivity index (χ3n) is 5.72. The van der Waals surface area contributed by atoms with Gasteiger partial charge in [0.05, 0.1) is 0 Å². The molecule has 0 aromatic heterocycles. The van der Waals surface area contributed by atoms with Crippen molar-refractivity contribution in [2.24, 2.45) is 0 Å². The fourth-order valence-corrected chi connectivity index (χ4v) is 3.55. The molecule has 0 saturated carbocycles. The van der Waals surface area contributed by atoms with Gasteiger partial charge in [0.25, 0.3) is 6.36 Å².